The maximum absolute atomic E-state index is 11.6. The molecule has 1 aromatic heterocycles. The van der Waals surface area contributed by atoms with Crippen LogP contribution in [0.25, 0.3) is 10.2 Å². The fraction of sp³-hybridized carbons (Fsp3) is 0.133. The maximum Gasteiger partial charge on any atom is 0.296 e. The highest BCUT2D eigenvalue weighted by Gasteiger charge is 2.17. The van der Waals surface area contributed by atoms with E-state index in [1.807, 2.05) is 24.3 Å². The molecule has 0 atom stereocenters. The molecule has 0 aliphatic heterocycles. The topological polar surface area (TPSA) is 95.2 Å². The lowest BCUT2D eigenvalue weighted by Crippen LogP contribution is -2.09. The molecular weight excluding hydrogens is 348 g/mol. The Kier molecular flexibility index (Phi) is 4.31. The largest absolute Gasteiger partial charge is 0.378 e. The SMILES string of the molecule is CN(C)c1ccc(N=Nc2nc3ccccc3s2)c(S(=O)(=O)O)c1. The van der Waals surface area contributed by atoms with Gasteiger partial charge in [0.15, 0.2) is 0 Å². The van der Waals surface area contributed by atoms with E-state index >= 15 is 0 Å². The van der Waals surface area contributed by atoms with Gasteiger partial charge >= 0.3 is 0 Å². The summed E-state index contributed by atoms with van der Waals surface area (Å²) in [4.78, 5) is 5.74. The van der Waals surface area contributed by atoms with Gasteiger partial charge in [-0.1, -0.05) is 23.5 Å². The monoisotopic (exact) mass is 362 g/mol. The van der Waals surface area contributed by atoms with Gasteiger partial charge in [-0.3, -0.25) is 4.55 Å². The molecule has 0 aliphatic rings. The number of hydrogen-bond acceptors (Lipinski definition) is 7. The Hall–Kier alpha value is -2.36. The average Bonchev–Trinajstić information content (AvgIpc) is 2.94. The van der Waals surface area contributed by atoms with Crippen molar-refractivity contribution < 1.29 is 13.0 Å². The Morgan fingerprint density at radius 1 is 1.12 bits per heavy atom. The van der Waals surface area contributed by atoms with Crippen molar-refractivity contribution in [1.29, 1.82) is 0 Å². The summed E-state index contributed by atoms with van der Waals surface area (Å²) in [6.45, 7) is 0. The molecule has 9 heteroatoms. The third kappa shape index (κ3) is 3.42. The quantitative estimate of drug-likeness (QED) is 0.558. The lowest BCUT2D eigenvalue weighted by Gasteiger charge is -2.13. The van der Waals surface area contributed by atoms with Gasteiger partial charge in [-0.05, 0) is 30.3 Å². The summed E-state index contributed by atoms with van der Waals surface area (Å²) >= 11 is 1.35. The lowest BCUT2D eigenvalue weighted by molar-refractivity contribution is 0.483. The third-order valence-corrected chi connectivity index (χ3v) is 5.07. The van der Waals surface area contributed by atoms with Gasteiger partial charge < -0.3 is 4.90 Å². The fourth-order valence-corrected chi connectivity index (χ4v) is 3.50. The van der Waals surface area contributed by atoms with Crippen LogP contribution in [0.1, 0.15) is 0 Å². The number of anilines is 1. The van der Waals surface area contributed by atoms with E-state index < -0.39 is 10.1 Å². The van der Waals surface area contributed by atoms with Crippen LogP contribution >= 0.6 is 11.3 Å². The molecule has 0 unspecified atom stereocenters. The predicted octanol–water partition coefficient (Wildman–Crippen LogP) is 4.02. The van der Waals surface area contributed by atoms with Gasteiger partial charge in [0.1, 0.15) is 10.6 Å². The third-order valence-electron chi connectivity index (χ3n) is 3.26. The van der Waals surface area contributed by atoms with Crippen molar-refractivity contribution in [3.63, 3.8) is 0 Å². The highest BCUT2D eigenvalue weighted by atomic mass is 32.2. The molecule has 0 saturated carbocycles. The van der Waals surface area contributed by atoms with Gasteiger partial charge in [-0.15, -0.1) is 10.2 Å². The fourth-order valence-electron chi connectivity index (χ4n) is 2.07. The molecule has 0 radical (unpaired) electrons. The number of para-hydroxylation sites is 1. The normalized spacial score (nSPS) is 12.1. The van der Waals surface area contributed by atoms with E-state index in [4.69, 9.17) is 0 Å². The zero-order valence-electron chi connectivity index (χ0n) is 12.9. The van der Waals surface area contributed by atoms with Crippen LogP contribution in [0.4, 0.5) is 16.5 Å². The molecule has 124 valence electrons. The second-order valence-corrected chi connectivity index (χ2v) is 7.58. The summed E-state index contributed by atoms with van der Waals surface area (Å²) in [5.74, 6) is 0. The Labute approximate surface area is 143 Å². The smallest absolute Gasteiger partial charge is 0.296 e. The summed E-state index contributed by atoms with van der Waals surface area (Å²) < 4.78 is 33.6. The van der Waals surface area contributed by atoms with Crippen molar-refractivity contribution in [3.8, 4) is 0 Å². The molecule has 2 aromatic carbocycles. The minimum absolute atomic E-state index is 0.0577. The van der Waals surface area contributed by atoms with Crippen LogP contribution in [0.3, 0.4) is 0 Å². The highest BCUT2D eigenvalue weighted by molar-refractivity contribution is 7.86. The second kappa shape index (κ2) is 6.27. The lowest BCUT2D eigenvalue weighted by atomic mass is 10.3. The van der Waals surface area contributed by atoms with E-state index in [0.29, 0.717) is 10.8 Å². The molecule has 0 amide bonds. The molecule has 3 rings (SSSR count). The summed E-state index contributed by atoms with van der Waals surface area (Å²) in [5, 5.41) is 8.37. The van der Waals surface area contributed by atoms with Gasteiger partial charge in [0.05, 0.1) is 10.2 Å². The molecule has 0 aliphatic carbocycles. The summed E-state index contributed by atoms with van der Waals surface area (Å²) in [6, 6.07) is 12.1. The first-order chi connectivity index (χ1) is 11.3. The number of hydrogen-bond donors (Lipinski definition) is 1. The van der Waals surface area contributed by atoms with Crippen molar-refractivity contribution in [2.24, 2.45) is 10.2 Å². The van der Waals surface area contributed by atoms with Crippen LogP contribution in [0.2, 0.25) is 0 Å². The van der Waals surface area contributed by atoms with Crippen LogP contribution in [-0.2, 0) is 10.1 Å². The van der Waals surface area contributed by atoms with E-state index in [-0.39, 0.29) is 10.6 Å². The van der Waals surface area contributed by atoms with Crippen LogP contribution < -0.4 is 4.90 Å². The molecule has 7 nitrogen and oxygen atoms in total. The first kappa shape index (κ1) is 16.5. The Morgan fingerprint density at radius 3 is 2.54 bits per heavy atom. The maximum atomic E-state index is 11.6. The minimum Gasteiger partial charge on any atom is -0.378 e. The summed E-state index contributed by atoms with van der Waals surface area (Å²) in [6.07, 6.45) is 0. The summed E-state index contributed by atoms with van der Waals surface area (Å²) in [7, 11) is -0.877. The van der Waals surface area contributed by atoms with Crippen LogP contribution in [0.15, 0.2) is 57.6 Å². The standard InChI is InChI=1S/C15H14N4O3S2/c1-19(2)10-7-8-12(14(9-10)24(20,21)22)17-18-15-16-11-5-3-4-6-13(11)23-15/h3-9H,1-2H3,(H,20,21,22). The molecule has 1 N–H and O–H groups in total. The van der Waals surface area contributed by atoms with Crippen molar-refractivity contribution in [2.75, 3.05) is 19.0 Å². The number of azo groups is 1. The number of nitrogens with zero attached hydrogens (tertiary/aromatic N) is 4. The van der Waals surface area contributed by atoms with Gasteiger partial charge in [0, 0.05) is 19.8 Å². The molecular formula is C15H14N4O3S2. The van der Waals surface area contributed by atoms with Crippen LogP contribution in [0.5, 0.6) is 0 Å². The number of fused-ring (bicyclic) bond motifs is 1. The number of benzene rings is 2. The highest BCUT2D eigenvalue weighted by Crippen LogP contribution is 2.32. The average molecular weight is 362 g/mol. The van der Waals surface area contributed by atoms with E-state index in [9.17, 15) is 13.0 Å². The Balaban J connectivity index is 2.02. The van der Waals surface area contributed by atoms with Gasteiger partial charge in [0.25, 0.3) is 10.1 Å². The number of aromatic nitrogens is 1. The van der Waals surface area contributed by atoms with Crippen molar-refractivity contribution >= 4 is 48.2 Å². The van der Waals surface area contributed by atoms with Gasteiger partial charge in [-0.2, -0.15) is 8.42 Å². The first-order valence-electron chi connectivity index (χ1n) is 6.91. The molecule has 0 fully saturated rings. The summed E-state index contributed by atoms with van der Waals surface area (Å²) in [5.41, 5.74) is 1.48. The predicted molar refractivity (Wildman–Crippen MR) is 94.4 cm³/mol. The zero-order chi connectivity index (χ0) is 17.3. The van der Waals surface area contributed by atoms with E-state index in [2.05, 4.69) is 15.2 Å². The zero-order valence-corrected chi connectivity index (χ0v) is 14.5. The van der Waals surface area contributed by atoms with E-state index in [1.54, 1.807) is 25.1 Å². The molecule has 1 heterocycles. The molecule has 24 heavy (non-hydrogen) atoms. The van der Waals surface area contributed by atoms with Crippen LogP contribution in [-0.4, -0.2) is 32.0 Å². The molecule has 0 spiro atoms. The van der Waals surface area contributed by atoms with Gasteiger partial charge in [-0.25, -0.2) is 4.98 Å². The molecule has 3 aromatic rings. The second-order valence-electron chi connectivity index (χ2n) is 5.19. The van der Waals surface area contributed by atoms with E-state index in [0.717, 1.165) is 10.2 Å². The number of thiazole rings is 1. The number of rotatable bonds is 4. The van der Waals surface area contributed by atoms with E-state index in [1.165, 1.54) is 23.5 Å². The minimum atomic E-state index is -4.42. The Bertz CT molecular complexity index is 993. The molecule has 0 bridgehead atoms. The molecule has 0 saturated heterocycles. The van der Waals surface area contributed by atoms with Crippen molar-refractivity contribution in [1.82, 2.24) is 4.98 Å². The van der Waals surface area contributed by atoms with Crippen LogP contribution in [0, 0.1) is 0 Å². The first-order valence-corrected chi connectivity index (χ1v) is 9.16. The van der Waals surface area contributed by atoms with Gasteiger partial charge in [0.2, 0.25) is 5.13 Å². The Morgan fingerprint density at radius 2 is 1.88 bits per heavy atom. The van der Waals surface area contributed by atoms with Crippen molar-refractivity contribution in [2.45, 2.75) is 4.90 Å². The van der Waals surface area contributed by atoms with Crippen molar-refractivity contribution in [3.05, 3.63) is 42.5 Å².